The normalized spacial score (nSPS) is 19.9. The Labute approximate surface area is 163 Å². The van der Waals surface area contributed by atoms with E-state index in [2.05, 4.69) is 26.1 Å². The van der Waals surface area contributed by atoms with Gasteiger partial charge in [-0.05, 0) is 18.6 Å². The minimum Gasteiger partial charge on any atom is -0.497 e. The van der Waals surface area contributed by atoms with Crippen molar-refractivity contribution in [3.63, 3.8) is 0 Å². The molecule has 2 fully saturated rings. The van der Waals surface area contributed by atoms with Crippen LogP contribution in [0.3, 0.4) is 0 Å². The predicted molar refractivity (Wildman–Crippen MR) is 105 cm³/mol. The van der Waals surface area contributed by atoms with Crippen molar-refractivity contribution in [1.82, 2.24) is 20.8 Å². The van der Waals surface area contributed by atoms with Crippen molar-refractivity contribution in [2.75, 3.05) is 44.1 Å². The van der Waals surface area contributed by atoms with Gasteiger partial charge >= 0.3 is 0 Å². The van der Waals surface area contributed by atoms with E-state index < -0.39 is 0 Å². The Hall–Kier alpha value is -2.91. The summed E-state index contributed by atoms with van der Waals surface area (Å²) in [5.41, 5.74) is 7.96. The number of hydrazine groups is 1. The number of benzene rings is 1. The van der Waals surface area contributed by atoms with Crippen LogP contribution in [0.25, 0.3) is 0 Å². The molecule has 28 heavy (non-hydrogen) atoms. The average Bonchev–Trinajstić information content (AvgIpc) is 3.38. The van der Waals surface area contributed by atoms with Crippen LogP contribution in [0.1, 0.15) is 17.9 Å². The molecule has 1 aromatic carbocycles. The number of anilines is 2. The molecule has 1 atom stereocenters. The number of aromatic nitrogens is 2. The van der Waals surface area contributed by atoms with E-state index in [1.54, 1.807) is 25.3 Å². The summed E-state index contributed by atoms with van der Waals surface area (Å²) in [5, 5.41) is 3.28. The van der Waals surface area contributed by atoms with Crippen LogP contribution in [0.2, 0.25) is 0 Å². The van der Waals surface area contributed by atoms with Crippen LogP contribution in [0, 0.1) is 0 Å². The Bertz CT molecular complexity index is 855. The largest absolute Gasteiger partial charge is 0.497 e. The smallest absolute Gasteiger partial charge is 0.251 e. The van der Waals surface area contributed by atoms with E-state index in [4.69, 9.17) is 9.47 Å². The number of nitrogens with one attached hydrogen (secondary N) is 3. The van der Waals surface area contributed by atoms with Gasteiger partial charge in [0.05, 0.1) is 14.2 Å². The van der Waals surface area contributed by atoms with Crippen molar-refractivity contribution in [1.29, 1.82) is 0 Å². The van der Waals surface area contributed by atoms with Crippen LogP contribution >= 0.6 is 0 Å². The van der Waals surface area contributed by atoms with Crippen molar-refractivity contribution in [3.8, 4) is 11.6 Å². The number of nitrogens with zero attached hydrogens (tertiary/aromatic N) is 3. The second kappa shape index (κ2) is 7.99. The highest BCUT2D eigenvalue weighted by atomic mass is 16.5. The van der Waals surface area contributed by atoms with E-state index in [0.717, 1.165) is 30.1 Å². The molecule has 0 spiro atoms. The van der Waals surface area contributed by atoms with E-state index in [1.165, 1.54) is 0 Å². The number of methoxy groups -OCH3 is 2. The maximum Gasteiger partial charge on any atom is 0.251 e. The lowest BCUT2D eigenvalue weighted by atomic mass is 10.0. The molecule has 148 valence electrons. The molecule has 2 aliphatic rings. The highest BCUT2D eigenvalue weighted by Gasteiger charge is 2.35. The Balaban J connectivity index is 1.49. The molecule has 1 aromatic heterocycles. The molecule has 2 saturated heterocycles. The summed E-state index contributed by atoms with van der Waals surface area (Å²) < 4.78 is 10.7. The van der Waals surface area contributed by atoms with E-state index in [9.17, 15) is 4.79 Å². The average molecular weight is 384 g/mol. The molecule has 0 saturated carbocycles. The van der Waals surface area contributed by atoms with Crippen molar-refractivity contribution in [2.24, 2.45) is 0 Å². The van der Waals surface area contributed by atoms with Crippen molar-refractivity contribution in [3.05, 3.63) is 36.0 Å². The molecule has 2 aromatic rings. The first-order valence-corrected chi connectivity index (χ1v) is 9.28. The van der Waals surface area contributed by atoms with Gasteiger partial charge in [0.2, 0.25) is 11.8 Å². The second-order valence-electron chi connectivity index (χ2n) is 6.80. The summed E-state index contributed by atoms with van der Waals surface area (Å²) in [6.07, 6.45) is 2.43. The zero-order chi connectivity index (χ0) is 19.5. The first-order valence-electron chi connectivity index (χ1n) is 9.28. The predicted octanol–water partition coefficient (Wildman–Crippen LogP) is 0.903. The third-order valence-corrected chi connectivity index (χ3v) is 5.08. The van der Waals surface area contributed by atoms with Gasteiger partial charge in [-0.15, -0.1) is 0 Å². The third-order valence-electron chi connectivity index (χ3n) is 5.08. The Kier molecular flexibility index (Phi) is 5.27. The van der Waals surface area contributed by atoms with Crippen LogP contribution in [0.15, 0.2) is 30.5 Å². The van der Waals surface area contributed by atoms with Gasteiger partial charge in [0.1, 0.15) is 11.8 Å². The first kappa shape index (κ1) is 18.5. The standard InChI is InChI=1S/C19H24N6O3/c1-27-14-5-3-4-13(8-14)23-16-6-7-25(18(16)26)19-20-11-15(17(24-19)28-2)12-9-21-22-10-12/h3-5,8,11-12,16,21-23H,6-7,9-10H2,1-2H3. The molecular weight excluding hydrogens is 360 g/mol. The maximum absolute atomic E-state index is 12.9. The number of ether oxygens (including phenoxy) is 2. The molecule has 1 amide bonds. The summed E-state index contributed by atoms with van der Waals surface area (Å²) in [4.78, 5) is 23.5. The molecule has 3 heterocycles. The van der Waals surface area contributed by atoms with Gasteiger partial charge in [-0.3, -0.25) is 20.5 Å². The lowest BCUT2D eigenvalue weighted by Gasteiger charge is -2.18. The van der Waals surface area contributed by atoms with Gasteiger partial charge in [0, 0.05) is 49.1 Å². The van der Waals surface area contributed by atoms with Crippen LogP contribution in [-0.2, 0) is 4.79 Å². The van der Waals surface area contributed by atoms with Gasteiger partial charge in [-0.25, -0.2) is 4.98 Å². The van der Waals surface area contributed by atoms with Gasteiger partial charge in [0.25, 0.3) is 5.91 Å². The van der Waals surface area contributed by atoms with Gasteiger partial charge < -0.3 is 14.8 Å². The molecule has 3 N–H and O–H groups in total. The lowest BCUT2D eigenvalue weighted by molar-refractivity contribution is -0.117. The summed E-state index contributed by atoms with van der Waals surface area (Å²) in [6.45, 7) is 2.12. The number of amides is 1. The van der Waals surface area contributed by atoms with Gasteiger partial charge in [-0.1, -0.05) is 6.07 Å². The van der Waals surface area contributed by atoms with Crippen LogP contribution in [0.4, 0.5) is 11.6 Å². The first-order chi connectivity index (χ1) is 13.7. The summed E-state index contributed by atoms with van der Waals surface area (Å²) in [5.74, 6) is 1.81. The lowest BCUT2D eigenvalue weighted by Crippen LogP contribution is -2.34. The van der Waals surface area contributed by atoms with Crippen molar-refractivity contribution < 1.29 is 14.3 Å². The van der Waals surface area contributed by atoms with E-state index >= 15 is 0 Å². The molecule has 4 rings (SSSR count). The van der Waals surface area contributed by atoms with Crippen LogP contribution in [-0.4, -0.2) is 55.8 Å². The van der Waals surface area contributed by atoms with E-state index in [0.29, 0.717) is 24.8 Å². The SMILES string of the molecule is COc1cccc(NC2CCN(c3ncc(C4CNNC4)c(OC)n3)C2=O)c1. The zero-order valence-corrected chi connectivity index (χ0v) is 15.9. The third kappa shape index (κ3) is 3.58. The van der Waals surface area contributed by atoms with Crippen molar-refractivity contribution >= 4 is 17.5 Å². The second-order valence-corrected chi connectivity index (χ2v) is 6.80. The highest BCUT2D eigenvalue weighted by Crippen LogP contribution is 2.29. The zero-order valence-electron chi connectivity index (χ0n) is 15.9. The number of hydrogen-bond donors (Lipinski definition) is 3. The van der Waals surface area contributed by atoms with E-state index in [1.807, 2.05) is 24.3 Å². The minimum absolute atomic E-state index is 0.0539. The fourth-order valence-corrected chi connectivity index (χ4v) is 3.55. The summed E-state index contributed by atoms with van der Waals surface area (Å²) >= 11 is 0. The van der Waals surface area contributed by atoms with E-state index in [-0.39, 0.29) is 17.9 Å². The number of carbonyl (C=O) groups excluding carboxylic acids is 1. The van der Waals surface area contributed by atoms with Crippen LogP contribution < -0.4 is 30.5 Å². The molecule has 0 bridgehead atoms. The number of hydrogen-bond acceptors (Lipinski definition) is 8. The molecule has 0 radical (unpaired) electrons. The Morgan fingerprint density at radius 2 is 2.04 bits per heavy atom. The quantitative estimate of drug-likeness (QED) is 0.676. The topological polar surface area (TPSA) is 101 Å². The highest BCUT2D eigenvalue weighted by molar-refractivity contribution is 5.99. The molecule has 0 aliphatic carbocycles. The monoisotopic (exact) mass is 384 g/mol. The molecule has 9 heteroatoms. The van der Waals surface area contributed by atoms with Crippen LogP contribution in [0.5, 0.6) is 11.6 Å². The fraction of sp³-hybridized carbons (Fsp3) is 0.421. The molecule has 9 nitrogen and oxygen atoms in total. The van der Waals surface area contributed by atoms with Gasteiger partial charge in [0.15, 0.2) is 0 Å². The van der Waals surface area contributed by atoms with Crippen molar-refractivity contribution in [2.45, 2.75) is 18.4 Å². The molecule has 2 aliphatic heterocycles. The minimum atomic E-state index is -0.329. The number of carbonyl (C=O) groups is 1. The van der Waals surface area contributed by atoms with Gasteiger partial charge in [-0.2, -0.15) is 4.98 Å². The maximum atomic E-state index is 12.9. The summed E-state index contributed by atoms with van der Waals surface area (Å²) in [7, 11) is 3.21. The number of rotatable bonds is 6. The Morgan fingerprint density at radius 3 is 2.79 bits per heavy atom. The molecule has 1 unspecified atom stereocenters. The Morgan fingerprint density at radius 1 is 1.21 bits per heavy atom. The molecular formula is C19H24N6O3. The fourth-order valence-electron chi connectivity index (χ4n) is 3.55. The summed E-state index contributed by atoms with van der Waals surface area (Å²) in [6, 6.07) is 7.21.